The number of halogens is 18. The molecule has 0 saturated heterocycles. The van der Waals surface area contributed by atoms with Gasteiger partial charge in [0, 0.05) is 29.6 Å². The number of carbonyl (C=O) groups excluding carboxylic acids is 6. The first kappa shape index (κ1) is 58.1. The van der Waals surface area contributed by atoms with E-state index in [0.29, 0.717) is 12.8 Å². The fourth-order valence-electron chi connectivity index (χ4n) is 4.69. The molecule has 0 N–H and O–H groups in total. The van der Waals surface area contributed by atoms with E-state index in [4.69, 9.17) is 0 Å². The number of hydrogen-bond acceptors (Lipinski definition) is 6. The van der Waals surface area contributed by atoms with Gasteiger partial charge in [0.2, 0.25) is 0 Å². The average molecular weight is 877 g/mol. The molecular formula is C33H42F18O6. The third-order valence-corrected chi connectivity index (χ3v) is 7.44. The second-order valence-electron chi connectivity index (χ2n) is 13.2. The van der Waals surface area contributed by atoms with Crippen LogP contribution in [0.5, 0.6) is 0 Å². The van der Waals surface area contributed by atoms with Gasteiger partial charge >= 0.3 is 37.1 Å². The first-order chi connectivity index (χ1) is 25.1. The molecule has 0 aliphatic carbocycles. The molecule has 0 atom stereocenters. The lowest BCUT2D eigenvalue weighted by Crippen LogP contribution is -2.30. The average Bonchev–Trinajstić information content (AvgIpc) is 2.92. The molecule has 0 rings (SSSR count). The number of hydrogen-bond donors (Lipinski definition) is 0. The van der Waals surface area contributed by atoms with Crippen molar-refractivity contribution in [1.82, 2.24) is 0 Å². The van der Waals surface area contributed by atoms with Crippen molar-refractivity contribution in [3.8, 4) is 0 Å². The zero-order valence-corrected chi connectivity index (χ0v) is 30.9. The predicted molar refractivity (Wildman–Crippen MR) is 163 cm³/mol. The molecule has 6 nitrogen and oxygen atoms in total. The molecule has 0 fully saturated rings. The summed E-state index contributed by atoms with van der Waals surface area (Å²) >= 11 is 0. The normalized spacial score (nSPS) is 13.1. The highest BCUT2D eigenvalue weighted by atomic mass is 19.4. The molecule has 0 aliphatic rings. The molecule has 0 spiro atoms. The van der Waals surface area contributed by atoms with Gasteiger partial charge < -0.3 is 0 Å². The van der Waals surface area contributed by atoms with Crippen LogP contribution in [0.2, 0.25) is 0 Å². The van der Waals surface area contributed by atoms with Crippen molar-refractivity contribution in [2.75, 3.05) is 0 Å². The highest BCUT2D eigenvalue weighted by Gasteiger charge is 2.44. The van der Waals surface area contributed by atoms with Gasteiger partial charge in [0.25, 0.3) is 0 Å². The lowest BCUT2D eigenvalue weighted by atomic mass is 9.88. The SMILES string of the molecule is CC(=O)CC(=O)C(CC(F)(F)F)CC(F)(F)F.CC(C)C(=O)CC(=O)C(CC(F)(F)F)CC(F)(F)F.CCC(CC)C(=O)CC(=O)C(CC(F)(F)F)CC(F)(F)F. The van der Waals surface area contributed by atoms with Gasteiger partial charge in [-0.05, 0) is 19.8 Å². The van der Waals surface area contributed by atoms with Crippen LogP contribution in [0.15, 0.2) is 0 Å². The molecule has 24 heteroatoms. The van der Waals surface area contributed by atoms with Crippen molar-refractivity contribution in [3.05, 3.63) is 0 Å². The Kier molecular flexibility index (Phi) is 24.4. The Labute approximate surface area is 314 Å². The third kappa shape index (κ3) is 34.5. The molecule has 0 aromatic carbocycles. The zero-order chi connectivity index (χ0) is 46.1. The summed E-state index contributed by atoms with van der Waals surface area (Å²) in [5.41, 5.74) is 0. The van der Waals surface area contributed by atoms with E-state index >= 15 is 0 Å². The van der Waals surface area contributed by atoms with Crippen molar-refractivity contribution in [3.63, 3.8) is 0 Å². The summed E-state index contributed by atoms with van der Waals surface area (Å²) in [5, 5.41) is 0. The summed E-state index contributed by atoms with van der Waals surface area (Å²) in [5.74, 6) is -13.8. The summed E-state index contributed by atoms with van der Waals surface area (Å²) in [7, 11) is 0. The van der Waals surface area contributed by atoms with Crippen LogP contribution in [0.25, 0.3) is 0 Å². The quantitative estimate of drug-likeness (QED) is 0.0946. The maximum absolute atomic E-state index is 12.3. The monoisotopic (exact) mass is 876 g/mol. The van der Waals surface area contributed by atoms with E-state index in [0.717, 1.165) is 6.92 Å². The van der Waals surface area contributed by atoms with Crippen molar-refractivity contribution in [2.45, 2.75) is 142 Å². The first-order valence-electron chi connectivity index (χ1n) is 16.6. The molecule has 0 aromatic rings. The molecule has 0 unspecified atom stereocenters. The predicted octanol–water partition coefficient (Wildman–Crippen LogP) is 11.2. The summed E-state index contributed by atoms with van der Waals surface area (Å²) in [6.45, 7) is 7.09. The maximum Gasteiger partial charge on any atom is 0.389 e. The van der Waals surface area contributed by atoms with Gasteiger partial charge in [-0.25, -0.2) is 0 Å². The van der Waals surface area contributed by atoms with Crippen LogP contribution in [0, 0.1) is 29.6 Å². The van der Waals surface area contributed by atoms with E-state index in [1.54, 1.807) is 13.8 Å². The lowest BCUT2D eigenvalue weighted by molar-refractivity contribution is -0.178. The summed E-state index contributed by atoms with van der Waals surface area (Å²) < 4.78 is 218. The van der Waals surface area contributed by atoms with Crippen molar-refractivity contribution < 1.29 is 108 Å². The van der Waals surface area contributed by atoms with E-state index in [-0.39, 0.29) is 0 Å². The summed E-state index contributed by atoms with van der Waals surface area (Å²) in [4.78, 5) is 67.5. The zero-order valence-electron chi connectivity index (χ0n) is 30.9. The molecule has 0 heterocycles. The Morgan fingerprint density at radius 1 is 0.351 bits per heavy atom. The minimum absolute atomic E-state index is 0.395. The molecule has 0 aliphatic heterocycles. The number of alkyl halides is 18. The van der Waals surface area contributed by atoms with E-state index in [1.807, 2.05) is 0 Å². The van der Waals surface area contributed by atoms with Crippen molar-refractivity contribution >= 4 is 34.7 Å². The minimum atomic E-state index is -4.89. The number of Topliss-reactive ketones (excluding diaryl/α,β-unsaturated/α-hetero) is 6. The molecule has 57 heavy (non-hydrogen) atoms. The second-order valence-corrected chi connectivity index (χ2v) is 13.2. The van der Waals surface area contributed by atoms with Crippen molar-refractivity contribution in [1.29, 1.82) is 0 Å². The third-order valence-electron chi connectivity index (χ3n) is 7.44. The van der Waals surface area contributed by atoms with Crippen LogP contribution >= 0.6 is 0 Å². The van der Waals surface area contributed by atoms with Gasteiger partial charge in [0.1, 0.15) is 34.7 Å². The van der Waals surface area contributed by atoms with Gasteiger partial charge in [-0.15, -0.1) is 0 Å². The number of carbonyl (C=O) groups is 6. The maximum atomic E-state index is 12.3. The van der Waals surface area contributed by atoms with Crippen LogP contribution in [0.3, 0.4) is 0 Å². The summed E-state index contributed by atoms with van der Waals surface area (Å²) in [6.07, 6.45) is -42.3. The topological polar surface area (TPSA) is 102 Å². The Bertz CT molecular complexity index is 1240. The van der Waals surface area contributed by atoms with Gasteiger partial charge in [-0.2, -0.15) is 79.0 Å². The lowest BCUT2D eigenvalue weighted by Gasteiger charge is -2.20. The van der Waals surface area contributed by atoms with E-state index in [1.165, 1.54) is 13.8 Å². The smallest absolute Gasteiger partial charge is 0.300 e. The van der Waals surface area contributed by atoms with Crippen LogP contribution in [-0.2, 0) is 28.8 Å². The Morgan fingerprint density at radius 2 is 0.544 bits per heavy atom. The van der Waals surface area contributed by atoms with E-state index in [2.05, 4.69) is 0 Å². The molecule has 0 aromatic heterocycles. The van der Waals surface area contributed by atoms with Crippen LogP contribution in [0.1, 0.15) is 105 Å². The van der Waals surface area contributed by atoms with Gasteiger partial charge in [0.15, 0.2) is 0 Å². The second kappa shape index (κ2) is 24.0. The first-order valence-corrected chi connectivity index (χ1v) is 16.6. The molecule has 336 valence electrons. The standard InChI is InChI=1S/C13H18F6O2.C11H14F6O2.C9H10F6O2/c1-3-8(4-2)10(20)5-11(21)9(6-12(14,15)16)7-13(17,18)19;1-6(2)8(18)3-9(19)7(4-10(12,13)14)5-11(15,16)17;1-5(16)2-7(17)6(3-8(10,11)12)4-9(13,14)15/h8-9H,3-7H2,1-2H3;6-7H,3-5H2,1-2H3;6H,2-4H2,1H3. The summed E-state index contributed by atoms with van der Waals surface area (Å²) in [6, 6.07) is 0. The number of ketones is 6. The number of rotatable bonds is 19. The Hall–Kier alpha value is -3.24. The van der Waals surface area contributed by atoms with Crippen molar-refractivity contribution in [2.24, 2.45) is 29.6 Å². The highest BCUT2D eigenvalue weighted by molar-refractivity contribution is 6.01. The van der Waals surface area contributed by atoms with Gasteiger partial charge in [-0.1, -0.05) is 27.7 Å². The highest BCUT2D eigenvalue weighted by Crippen LogP contribution is 2.36. The van der Waals surface area contributed by atoms with Crippen LogP contribution in [-0.4, -0.2) is 71.8 Å². The van der Waals surface area contributed by atoms with E-state index in [9.17, 15) is 108 Å². The fourth-order valence-corrected chi connectivity index (χ4v) is 4.69. The molecule has 0 amide bonds. The molecular weight excluding hydrogens is 834 g/mol. The van der Waals surface area contributed by atoms with Gasteiger partial charge in [-0.3, -0.25) is 28.8 Å². The fraction of sp³-hybridized carbons (Fsp3) is 0.818. The Balaban J connectivity index is -0.000000772. The van der Waals surface area contributed by atoms with E-state index < -0.39 is 159 Å². The molecule has 0 radical (unpaired) electrons. The minimum Gasteiger partial charge on any atom is -0.300 e. The van der Waals surface area contributed by atoms with Gasteiger partial charge in [0.05, 0.1) is 57.8 Å². The Morgan fingerprint density at radius 3 is 0.719 bits per heavy atom. The van der Waals surface area contributed by atoms with Crippen LogP contribution in [0.4, 0.5) is 79.0 Å². The molecule has 0 bridgehead atoms. The largest absolute Gasteiger partial charge is 0.389 e. The van der Waals surface area contributed by atoms with Crippen LogP contribution < -0.4 is 0 Å². The molecule has 0 saturated carbocycles.